The maximum absolute atomic E-state index is 13.5. The number of benzene rings is 1. The molecule has 1 atom stereocenters. The van der Waals surface area contributed by atoms with Gasteiger partial charge in [-0.2, -0.15) is 4.98 Å². The van der Waals surface area contributed by atoms with Gasteiger partial charge in [0.1, 0.15) is 5.39 Å². The number of nitrogens with one attached hydrogen (secondary N) is 1. The van der Waals surface area contributed by atoms with Crippen molar-refractivity contribution in [3.63, 3.8) is 0 Å². The highest BCUT2D eigenvalue weighted by Gasteiger charge is 2.37. The van der Waals surface area contributed by atoms with E-state index in [4.69, 9.17) is 9.97 Å². The number of pyridine rings is 1. The highest BCUT2D eigenvalue weighted by atomic mass is 16.3. The summed E-state index contributed by atoms with van der Waals surface area (Å²) in [5.74, 6) is 7.29. The summed E-state index contributed by atoms with van der Waals surface area (Å²) < 4.78 is 3.25. The van der Waals surface area contributed by atoms with Crippen molar-refractivity contribution in [2.45, 2.75) is 70.6 Å². The lowest BCUT2D eigenvalue weighted by Gasteiger charge is -2.30. The van der Waals surface area contributed by atoms with E-state index in [0.29, 0.717) is 47.3 Å². The fourth-order valence-corrected chi connectivity index (χ4v) is 6.55. The van der Waals surface area contributed by atoms with Crippen molar-refractivity contribution in [2.24, 2.45) is 0 Å². The van der Waals surface area contributed by atoms with Crippen molar-refractivity contribution >= 4 is 22.7 Å². The van der Waals surface area contributed by atoms with Gasteiger partial charge in [0.25, 0.3) is 5.56 Å². The minimum Gasteiger partial charge on any atom is -0.372 e. The van der Waals surface area contributed by atoms with Crippen LogP contribution in [0, 0.1) is 11.8 Å². The summed E-state index contributed by atoms with van der Waals surface area (Å²) in [6, 6.07) is 8.31. The van der Waals surface area contributed by atoms with Crippen LogP contribution < -0.4 is 10.9 Å². The van der Waals surface area contributed by atoms with E-state index in [0.717, 1.165) is 37.3 Å². The minimum atomic E-state index is -1.31. The fourth-order valence-electron chi connectivity index (χ4n) is 6.55. The van der Waals surface area contributed by atoms with Gasteiger partial charge in [-0.3, -0.25) is 9.69 Å². The molecule has 9 nitrogen and oxygen atoms in total. The van der Waals surface area contributed by atoms with Gasteiger partial charge in [0, 0.05) is 25.0 Å². The smallest absolute Gasteiger partial charge is 0.278 e. The van der Waals surface area contributed by atoms with Gasteiger partial charge >= 0.3 is 0 Å². The normalized spacial score (nSPS) is 19.7. The number of likely N-dealkylation sites (N-methyl/N-ethyl adjacent to an activating group) is 1. The minimum absolute atomic E-state index is 0.230. The Balaban J connectivity index is 1.33. The molecule has 0 unspecified atom stereocenters. The predicted octanol–water partition coefficient (Wildman–Crippen LogP) is 4.32. The van der Waals surface area contributed by atoms with Gasteiger partial charge in [-0.25, -0.2) is 19.3 Å². The van der Waals surface area contributed by atoms with Crippen molar-refractivity contribution in [1.29, 1.82) is 0 Å². The summed E-state index contributed by atoms with van der Waals surface area (Å²) >= 11 is 0. The number of rotatable bonds is 7. The molecule has 0 saturated heterocycles. The monoisotopic (exact) mass is 561 g/mol. The molecule has 42 heavy (non-hydrogen) atoms. The van der Waals surface area contributed by atoms with Gasteiger partial charge in [0.05, 0.1) is 12.2 Å². The summed E-state index contributed by atoms with van der Waals surface area (Å²) in [5, 5.41) is 15.1. The van der Waals surface area contributed by atoms with E-state index in [9.17, 15) is 9.90 Å². The number of aliphatic hydroxyl groups is 1. The van der Waals surface area contributed by atoms with Gasteiger partial charge < -0.3 is 10.4 Å². The van der Waals surface area contributed by atoms with Crippen LogP contribution in [0.3, 0.4) is 0 Å². The second-order valence-electron chi connectivity index (χ2n) is 11.6. The molecule has 3 aromatic heterocycles. The third-order valence-corrected chi connectivity index (χ3v) is 8.81. The van der Waals surface area contributed by atoms with E-state index >= 15 is 0 Å². The van der Waals surface area contributed by atoms with Crippen molar-refractivity contribution in [2.75, 3.05) is 18.4 Å². The van der Waals surface area contributed by atoms with Gasteiger partial charge in [-0.15, -0.1) is 12.5 Å². The highest BCUT2D eigenvalue weighted by Crippen LogP contribution is 2.45. The Morgan fingerprint density at radius 3 is 2.83 bits per heavy atom. The zero-order chi connectivity index (χ0) is 29.0. The number of allylic oxidation sites excluding steroid dienone is 1. The van der Waals surface area contributed by atoms with Crippen LogP contribution in [0.5, 0.6) is 0 Å². The van der Waals surface area contributed by atoms with E-state index in [1.165, 1.54) is 29.5 Å². The lowest BCUT2D eigenvalue weighted by atomic mass is 9.91. The number of hydrogen-bond donors (Lipinski definition) is 2. The molecule has 2 N–H and O–H groups in total. The van der Waals surface area contributed by atoms with Crippen LogP contribution in [0.1, 0.15) is 67.0 Å². The molecule has 4 aromatic rings. The zero-order valence-corrected chi connectivity index (χ0v) is 24.2. The number of hydrogen-bond acceptors (Lipinski definition) is 7. The van der Waals surface area contributed by atoms with Crippen LogP contribution in [-0.2, 0) is 31.5 Å². The van der Waals surface area contributed by atoms with E-state index in [1.807, 2.05) is 12.1 Å². The number of aromatic nitrogens is 5. The Morgan fingerprint density at radius 2 is 2.07 bits per heavy atom. The van der Waals surface area contributed by atoms with Crippen LogP contribution >= 0.6 is 0 Å². The Hall–Kier alpha value is -4.26. The zero-order valence-electron chi connectivity index (χ0n) is 24.2. The van der Waals surface area contributed by atoms with Crippen molar-refractivity contribution in [3.8, 4) is 17.7 Å². The molecule has 7 rings (SSSR count). The van der Waals surface area contributed by atoms with Crippen molar-refractivity contribution in [1.82, 2.24) is 29.2 Å². The molecule has 0 spiro atoms. The lowest BCUT2D eigenvalue weighted by Crippen LogP contribution is -2.30. The molecule has 0 amide bonds. The number of aryl methyl sites for hydroxylation is 1. The van der Waals surface area contributed by atoms with Gasteiger partial charge in [0.2, 0.25) is 5.95 Å². The van der Waals surface area contributed by atoms with Crippen LogP contribution in [0.25, 0.3) is 16.9 Å². The second kappa shape index (κ2) is 10.2. The second-order valence-corrected chi connectivity index (χ2v) is 11.6. The van der Waals surface area contributed by atoms with Crippen LogP contribution in [0.4, 0.5) is 11.6 Å². The maximum Gasteiger partial charge on any atom is 0.278 e. The molecule has 1 saturated carbocycles. The van der Waals surface area contributed by atoms with Crippen molar-refractivity contribution in [3.05, 3.63) is 81.4 Å². The third kappa shape index (κ3) is 4.42. The first-order valence-electron chi connectivity index (χ1n) is 14.8. The summed E-state index contributed by atoms with van der Waals surface area (Å²) in [6.45, 7) is 11.1. The number of anilines is 2. The molecule has 4 heterocycles. The SMILES string of the molecule is C=CCn1c(=O)c2cnc(Nc3cc4c(c(C5CC5)c3)CCN(CC)C4)nc2n1-c1ccc2c(n1)[C@](O)(C#CC)CC2. The highest BCUT2D eigenvalue weighted by molar-refractivity contribution is 5.77. The first kappa shape index (κ1) is 26.6. The maximum atomic E-state index is 13.5. The summed E-state index contributed by atoms with van der Waals surface area (Å²) in [4.78, 5) is 30.2. The molecule has 0 radical (unpaired) electrons. The van der Waals surface area contributed by atoms with E-state index < -0.39 is 5.60 Å². The molecule has 1 fully saturated rings. The van der Waals surface area contributed by atoms with Gasteiger partial charge in [-0.05, 0) is 91.9 Å². The standard InChI is InChI=1S/C33H35N7O2/c1-4-13-33(42)14-11-22-9-10-28(36-29(22)33)40-30-27(31(41)39(40)15-5-2)19-34-32(37-30)35-24-17-23-20-38(6-3)16-12-25(23)26(18-24)21-7-8-21/h5,9-10,17-19,21,42H,2,6-8,11-12,14-16,20H2,1,3H3,(H,34,35,37)/t33-/m0/s1. The summed E-state index contributed by atoms with van der Waals surface area (Å²) in [5.41, 5.74) is 5.67. The first-order valence-corrected chi connectivity index (χ1v) is 14.8. The number of fused-ring (bicyclic) bond motifs is 3. The molecule has 0 bridgehead atoms. The lowest BCUT2D eigenvalue weighted by molar-refractivity contribution is 0.0981. The average Bonchev–Trinajstić information content (AvgIpc) is 3.75. The average molecular weight is 562 g/mol. The largest absolute Gasteiger partial charge is 0.372 e. The summed E-state index contributed by atoms with van der Waals surface area (Å²) in [7, 11) is 0. The molecular weight excluding hydrogens is 526 g/mol. The molecule has 2 aliphatic carbocycles. The Labute approximate surface area is 244 Å². The topological polar surface area (TPSA) is 101 Å². The summed E-state index contributed by atoms with van der Waals surface area (Å²) in [6.07, 6.45) is 8.00. The molecule has 214 valence electrons. The first-order chi connectivity index (χ1) is 20.4. The molecule has 1 aliphatic heterocycles. The Bertz CT molecular complexity index is 1860. The molecule has 9 heteroatoms. The van der Waals surface area contributed by atoms with Crippen molar-refractivity contribution < 1.29 is 5.11 Å². The van der Waals surface area contributed by atoms with E-state index in [2.05, 4.69) is 52.7 Å². The number of nitrogens with zero attached hydrogens (tertiary/aromatic N) is 6. The molecule has 1 aromatic carbocycles. The van der Waals surface area contributed by atoms with Crippen LogP contribution in [0.15, 0.2) is 47.9 Å². The quantitative estimate of drug-likeness (QED) is 0.256. The molecule has 3 aliphatic rings. The Kier molecular flexibility index (Phi) is 6.48. The van der Waals surface area contributed by atoms with Gasteiger partial charge in [0.15, 0.2) is 17.1 Å². The van der Waals surface area contributed by atoms with Crippen LogP contribution in [0.2, 0.25) is 0 Å². The molecular formula is C33H35N7O2. The van der Waals surface area contributed by atoms with Gasteiger partial charge in [-0.1, -0.05) is 25.0 Å². The third-order valence-electron chi connectivity index (χ3n) is 8.81. The fraction of sp³-hybridized carbons (Fsp3) is 0.394. The van der Waals surface area contributed by atoms with E-state index in [-0.39, 0.29) is 12.1 Å². The Morgan fingerprint density at radius 1 is 1.21 bits per heavy atom. The predicted molar refractivity (Wildman–Crippen MR) is 163 cm³/mol. The van der Waals surface area contributed by atoms with E-state index in [1.54, 1.807) is 28.6 Å². The van der Waals surface area contributed by atoms with Crippen LogP contribution in [-0.4, -0.2) is 47.4 Å².